The third kappa shape index (κ3) is 2.20. The van der Waals surface area contributed by atoms with Gasteiger partial charge in [0.15, 0.2) is 11.5 Å². The number of hydrogen-bond acceptors (Lipinski definition) is 4. The van der Waals surface area contributed by atoms with Gasteiger partial charge in [0, 0.05) is 12.1 Å². The van der Waals surface area contributed by atoms with Crippen molar-refractivity contribution in [3.63, 3.8) is 0 Å². The van der Waals surface area contributed by atoms with Crippen LogP contribution in [0.3, 0.4) is 0 Å². The van der Waals surface area contributed by atoms with Gasteiger partial charge < -0.3 is 9.47 Å². The molecule has 0 aliphatic carbocycles. The van der Waals surface area contributed by atoms with Crippen LogP contribution in [0, 0.1) is 6.92 Å². The molecular formula is C13H14N2O3. The van der Waals surface area contributed by atoms with Crippen LogP contribution in [0.2, 0.25) is 0 Å². The van der Waals surface area contributed by atoms with Gasteiger partial charge >= 0.3 is 0 Å². The van der Waals surface area contributed by atoms with Crippen LogP contribution >= 0.6 is 0 Å². The Hall–Kier alpha value is -2.30. The molecule has 0 spiro atoms. The number of nitrogens with zero attached hydrogens (tertiary/aromatic N) is 2. The molecule has 0 saturated carbocycles. The summed E-state index contributed by atoms with van der Waals surface area (Å²) in [4.78, 5) is 11.8. The van der Waals surface area contributed by atoms with E-state index >= 15 is 0 Å². The molecule has 1 aromatic carbocycles. The highest BCUT2D eigenvalue weighted by molar-refractivity contribution is 5.48. The van der Waals surface area contributed by atoms with Crippen molar-refractivity contribution in [1.82, 2.24) is 9.78 Å². The van der Waals surface area contributed by atoms with E-state index in [2.05, 4.69) is 5.10 Å². The lowest BCUT2D eigenvalue weighted by Gasteiger charge is -2.10. The van der Waals surface area contributed by atoms with E-state index in [1.54, 1.807) is 38.5 Å². The van der Waals surface area contributed by atoms with Crippen molar-refractivity contribution in [3.05, 3.63) is 46.4 Å². The number of benzene rings is 1. The van der Waals surface area contributed by atoms with Gasteiger partial charge in [-0.15, -0.1) is 0 Å². The van der Waals surface area contributed by atoms with E-state index in [1.165, 1.54) is 10.7 Å². The van der Waals surface area contributed by atoms with Crippen molar-refractivity contribution < 1.29 is 9.47 Å². The van der Waals surface area contributed by atoms with Crippen molar-refractivity contribution in [2.45, 2.75) is 6.92 Å². The molecule has 5 heteroatoms. The van der Waals surface area contributed by atoms with E-state index in [4.69, 9.17) is 9.47 Å². The average molecular weight is 246 g/mol. The minimum absolute atomic E-state index is 0.187. The Bertz CT molecular complexity index is 620. The first-order valence-corrected chi connectivity index (χ1v) is 5.45. The Balaban J connectivity index is 2.57. The fraction of sp³-hybridized carbons (Fsp3) is 0.231. The maximum absolute atomic E-state index is 11.8. The summed E-state index contributed by atoms with van der Waals surface area (Å²) in [7, 11) is 3.11. The second-order valence-corrected chi connectivity index (χ2v) is 3.76. The average Bonchev–Trinajstić information content (AvgIpc) is 2.40. The Kier molecular flexibility index (Phi) is 3.32. The minimum Gasteiger partial charge on any atom is -0.493 e. The Morgan fingerprint density at radius 1 is 1.06 bits per heavy atom. The van der Waals surface area contributed by atoms with Crippen LogP contribution in [-0.4, -0.2) is 24.0 Å². The molecule has 18 heavy (non-hydrogen) atoms. The maximum atomic E-state index is 11.8. The standard InChI is InChI=1S/C13H14N2O3/c1-9-4-7-13(16)15(14-9)10-5-6-11(17-2)12(8-10)18-3/h4-8H,1-3H3. The van der Waals surface area contributed by atoms with Crippen LogP contribution in [0.4, 0.5) is 0 Å². The molecule has 0 radical (unpaired) electrons. The van der Waals surface area contributed by atoms with Crippen molar-refractivity contribution in [3.8, 4) is 17.2 Å². The summed E-state index contributed by atoms with van der Waals surface area (Å²) in [5.74, 6) is 1.17. The summed E-state index contributed by atoms with van der Waals surface area (Å²) in [6.07, 6.45) is 0. The van der Waals surface area contributed by atoms with Gasteiger partial charge in [-0.05, 0) is 25.1 Å². The lowest BCUT2D eigenvalue weighted by molar-refractivity contribution is 0.354. The minimum atomic E-state index is -0.187. The SMILES string of the molecule is COc1ccc(-n2nc(C)ccc2=O)cc1OC. The van der Waals surface area contributed by atoms with E-state index in [0.29, 0.717) is 17.2 Å². The molecule has 0 aliphatic heterocycles. The molecule has 0 unspecified atom stereocenters. The first kappa shape index (κ1) is 12.2. The zero-order chi connectivity index (χ0) is 13.1. The lowest BCUT2D eigenvalue weighted by Crippen LogP contribution is -2.20. The molecule has 0 fully saturated rings. The summed E-state index contributed by atoms with van der Waals surface area (Å²) in [6.45, 7) is 1.83. The van der Waals surface area contributed by atoms with Crippen molar-refractivity contribution in [2.24, 2.45) is 0 Å². The highest BCUT2D eigenvalue weighted by Crippen LogP contribution is 2.28. The van der Waals surface area contributed by atoms with Gasteiger partial charge in [-0.25, -0.2) is 0 Å². The second kappa shape index (κ2) is 4.91. The fourth-order valence-corrected chi connectivity index (χ4v) is 1.64. The van der Waals surface area contributed by atoms with Crippen molar-refractivity contribution >= 4 is 0 Å². The Morgan fingerprint density at radius 2 is 1.78 bits per heavy atom. The molecule has 1 aromatic heterocycles. The number of hydrogen-bond donors (Lipinski definition) is 0. The summed E-state index contributed by atoms with van der Waals surface area (Å²) >= 11 is 0. The molecule has 0 atom stereocenters. The van der Waals surface area contributed by atoms with E-state index in [0.717, 1.165) is 5.69 Å². The molecule has 0 bridgehead atoms. The van der Waals surface area contributed by atoms with E-state index in [9.17, 15) is 4.79 Å². The monoisotopic (exact) mass is 246 g/mol. The molecule has 2 rings (SSSR count). The maximum Gasteiger partial charge on any atom is 0.271 e. The van der Waals surface area contributed by atoms with Gasteiger partial charge in [0.25, 0.3) is 5.56 Å². The smallest absolute Gasteiger partial charge is 0.271 e. The number of aromatic nitrogens is 2. The van der Waals surface area contributed by atoms with Gasteiger partial charge in [-0.3, -0.25) is 4.79 Å². The zero-order valence-corrected chi connectivity index (χ0v) is 10.5. The summed E-state index contributed by atoms with van der Waals surface area (Å²) in [5.41, 5.74) is 1.22. The van der Waals surface area contributed by atoms with Gasteiger partial charge in [0.05, 0.1) is 25.6 Å². The molecular weight excluding hydrogens is 232 g/mol. The quantitative estimate of drug-likeness (QED) is 0.824. The topological polar surface area (TPSA) is 53.4 Å². The zero-order valence-electron chi connectivity index (χ0n) is 10.5. The van der Waals surface area contributed by atoms with Crippen LogP contribution in [-0.2, 0) is 0 Å². The van der Waals surface area contributed by atoms with Gasteiger partial charge in [0.2, 0.25) is 0 Å². The first-order chi connectivity index (χ1) is 8.65. The Morgan fingerprint density at radius 3 is 2.44 bits per heavy atom. The molecule has 0 N–H and O–H groups in total. The second-order valence-electron chi connectivity index (χ2n) is 3.76. The Labute approximate surface area is 105 Å². The van der Waals surface area contributed by atoms with Crippen LogP contribution < -0.4 is 15.0 Å². The third-order valence-electron chi connectivity index (χ3n) is 2.55. The normalized spacial score (nSPS) is 10.2. The van der Waals surface area contributed by atoms with Crippen LogP contribution in [0.15, 0.2) is 35.1 Å². The molecule has 1 heterocycles. The van der Waals surface area contributed by atoms with E-state index in [-0.39, 0.29) is 5.56 Å². The highest BCUT2D eigenvalue weighted by Gasteiger charge is 2.07. The van der Waals surface area contributed by atoms with Crippen molar-refractivity contribution in [1.29, 1.82) is 0 Å². The third-order valence-corrected chi connectivity index (χ3v) is 2.55. The molecule has 0 saturated heterocycles. The lowest BCUT2D eigenvalue weighted by atomic mass is 10.2. The van der Waals surface area contributed by atoms with E-state index < -0.39 is 0 Å². The summed E-state index contributed by atoms with van der Waals surface area (Å²) < 4.78 is 11.7. The molecule has 0 amide bonds. The largest absolute Gasteiger partial charge is 0.493 e. The predicted octanol–water partition coefficient (Wildman–Crippen LogP) is 1.56. The molecule has 94 valence electrons. The van der Waals surface area contributed by atoms with Crippen LogP contribution in [0.1, 0.15) is 5.69 Å². The summed E-state index contributed by atoms with van der Waals surface area (Å²) in [6, 6.07) is 8.38. The van der Waals surface area contributed by atoms with Gasteiger partial charge in [-0.1, -0.05) is 0 Å². The van der Waals surface area contributed by atoms with Crippen molar-refractivity contribution in [2.75, 3.05) is 14.2 Å². The summed E-state index contributed by atoms with van der Waals surface area (Å²) in [5, 5.41) is 4.18. The van der Waals surface area contributed by atoms with Gasteiger partial charge in [0.1, 0.15) is 0 Å². The number of methoxy groups -OCH3 is 2. The number of rotatable bonds is 3. The highest BCUT2D eigenvalue weighted by atomic mass is 16.5. The number of ether oxygens (including phenoxy) is 2. The number of aryl methyl sites for hydroxylation is 1. The first-order valence-electron chi connectivity index (χ1n) is 5.45. The van der Waals surface area contributed by atoms with E-state index in [1.807, 2.05) is 6.92 Å². The molecule has 2 aromatic rings. The van der Waals surface area contributed by atoms with Crippen LogP contribution in [0.5, 0.6) is 11.5 Å². The van der Waals surface area contributed by atoms with Gasteiger partial charge in [-0.2, -0.15) is 9.78 Å². The molecule has 5 nitrogen and oxygen atoms in total. The molecule has 0 aliphatic rings. The predicted molar refractivity (Wildman–Crippen MR) is 67.7 cm³/mol. The van der Waals surface area contributed by atoms with Crippen LogP contribution in [0.25, 0.3) is 5.69 Å². The fourth-order valence-electron chi connectivity index (χ4n) is 1.64.